The number of amides is 1. The number of carbonyl (C=O) groups is 2. The number of nitrogens with one attached hydrogen (secondary N) is 1. The third kappa shape index (κ3) is 4.28. The number of aromatic nitrogens is 3. The number of carboxylic acid groups (broad SMARTS) is 1. The number of aliphatic carboxylic acids is 1. The summed E-state index contributed by atoms with van der Waals surface area (Å²) in [7, 11) is 0. The Morgan fingerprint density at radius 2 is 2.14 bits per heavy atom. The third-order valence-electron chi connectivity index (χ3n) is 2.50. The van der Waals surface area contributed by atoms with E-state index in [0.717, 1.165) is 0 Å². The van der Waals surface area contributed by atoms with E-state index in [0.29, 0.717) is 21.4 Å². The molecule has 0 saturated heterocycles. The van der Waals surface area contributed by atoms with Crippen LogP contribution in [0.5, 0.6) is 0 Å². The SMILES string of the molecule is Nc1cc(Br)cc(C(=O)NCc2cn(CC(=O)O)nn2)c1. The van der Waals surface area contributed by atoms with Crippen molar-refractivity contribution in [2.45, 2.75) is 13.1 Å². The molecule has 2 aromatic rings. The molecule has 1 aromatic carbocycles. The Kier molecular flexibility index (Phi) is 4.53. The number of nitrogens with zero attached hydrogens (tertiary/aromatic N) is 3. The molecule has 0 spiro atoms. The Bertz CT molecular complexity index is 665. The topological polar surface area (TPSA) is 123 Å². The lowest BCUT2D eigenvalue weighted by Crippen LogP contribution is -2.23. The molecule has 9 heteroatoms. The van der Waals surface area contributed by atoms with Crippen LogP contribution in [0.1, 0.15) is 16.1 Å². The Morgan fingerprint density at radius 1 is 1.38 bits per heavy atom. The summed E-state index contributed by atoms with van der Waals surface area (Å²) >= 11 is 3.26. The highest BCUT2D eigenvalue weighted by Gasteiger charge is 2.09. The van der Waals surface area contributed by atoms with E-state index in [-0.39, 0.29) is 19.0 Å². The van der Waals surface area contributed by atoms with Crippen molar-refractivity contribution in [2.75, 3.05) is 5.73 Å². The molecule has 4 N–H and O–H groups in total. The highest BCUT2D eigenvalue weighted by atomic mass is 79.9. The summed E-state index contributed by atoms with van der Waals surface area (Å²) in [5, 5.41) is 18.7. The van der Waals surface area contributed by atoms with E-state index in [1.54, 1.807) is 18.2 Å². The first-order valence-electron chi connectivity index (χ1n) is 5.89. The maximum absolute atomic E-state index is 12.0. The van der Waals surface area contributed by atoms with Gasteiger partial charge in [0.2, 0.25) is 0 Å². The van der Waals surface area contributed by atoms with E-state index in [1.807, 2.05) is 0 Å². The zero-order valence-electron chi connectivity index (χ0n) is 10.8. The number of nitrogen functional groups attached to an aromatic ring is 1. The number of anilines is 1. The number of nitrogens with two attached hydrogens (primary N) is 1. The zero-order chi connectivity index (χ0) is 15.4. The Morgan fingerprint density at radius 3 is 2.81 bits per heavy atom. The van der Waals surface area contributed by atoms with Crippen LogP contribution in [0.4, 0.5) is 5.69 Å². The zero-order valence-corrected chi connectivity index (χ0v) is 12.4. The maximum atomic E-state index is 12.0. The van der Waals surface area contributed by atoms with Gasteiger partial charge in [0, 0.05) is 15.7 Å². The number of hydrogen-bond acceptors (Lipinski definition) is 5. The first-order valence-corrected chi connectivity index (χ1v) is 6.68. The van der Waals surface area contributed by atoms with Gasteiger partial charge in [0.05, 0.1) is 12.7 Å². The number of carboxylic acids is 1. The molecule has 21 heavy (non-hydrogen) atoms. The minimum absolute atomic E-state index is 0.144. The van der Waals surface area contributed by atoms with Gasteiger partial charge in [-0.1, -0.05) is 21.1 Å². The molecular formula is C12H12BrN5O3. The van der Waals surface area contributed by atoms with Crippen molar-refractivity contribution in [3.63, 3.8) is 0 Å². The summed E-state index contributed by atoms with van der Waals surface area (Å²) in [5.41, 5.74) is 7.02. The molecule has 110 valence electrons. The van der Waals surface area contributed by atoms with Crippen LogP contribution in [0, 0.1) is 0 Å². The van der Waals surface area contributed by atoms with Gasteiger partial charge in [0.1, 0.15) is 12.2 Å². The quantitative estimate of drug-likeness (QED) is 0.677. The van der Waals surface area contributed by atoms with Crippen molar-refractivity contribution >= 4 is 33.5 Å². The molecule has 1 amide bonds. The average molecular weight is 354 g/mol. The van der Waals surface area contributed by atoms with Crippen molar-refractivity contribution in [1.82, 2.24) is 20.3 Å². The molecule has 0 aliphatic heterocycles. The highest BCUT2D eigenvalue weighted by Crippen LogP contribution is 2.17. The van der Waals surface area contributed by atoms with Crippen LogP contribution in [0.25, 0.3) is 0 Å². The maximum Gasteiger partial charge on any atom is 0.325 e. The lowest BCUT2D eigenvalue weighted by Gasteiger charge is -2.05. The van der Waals surface area contributed by atoms with Gasteiger partial charge in [-0.3, -0.25) is 9.59 Å². The smallest absolute Gasteiger partial charge is 0.325 e. The fraction of sp³-hybridized carbons (Fsp3) is 0.167. The molecule has 0 aliphatic carbocycles. The van der Waals surface area contributed by atoms with E-state index in [2.05, 4.69) is 31.6 Å². The molecule has 0 saturated carbocycles. The van der Waals surface area contributed by atoms with E-state index in [4.69, 9.17) is 10.8 Å². The average Bonchev–Trinajstić information content (AvgIpc) is 2.81. The first-order chi connectivity index (χ1) is 9.94. The number of hydrogen-bond donors (Lipinski definition) is 3. The van der Waals surface area contributed by atoms with Crippen molar-refractivity contribution in [3.05, 3.63) is 40.1 Å². The molecule has 8 nitrogen and oxygen atoms in total. The van der Waals surface area contributed by atoms with Gasteiger partial charge in [0.25, 0.3) is 5.91 Å². The predicted octanol–water partition coefficient (Wildman–Crippen LogP) is 0.637. The van der Waals surface area contributed by atoms with Crippen LogP contribution < -0.4 is 11.1 Å². The van der Waals surface area contributed by atoms with Crippen LogP contribution in [-0.2, 0) is 17.9 Å². The number of carbonyl (C=O) groups excluding carboxylic acids is 1. The van der Waals surface area contributed by atoms with Gasteiger partial charge < -0.3 is 16.2 Å². The van der Waals surface area contributed by atoms with E-state index in [9.17, 15) is 9.59 Å². The normalized spacial score (nSPS) is 10.3. The Hall–Kier alpha value is -2.42. The van der Waals surface area contributed by atoms with Gasteiger partial charge in [-0.05, 0) is 18.2 Å². The minimum Gasteiger partial charge on any atom is -0.480 e. The summed E-state index contributed by atoms with van der Waals surface area (Å²) < 4.78 is 1.89. The van der Waals surface area contributed by atoms with Gasteiger partial charge in [-0.2, -0.15) is 0 Å². The largest absolute Gasteiger partial charge is 0.480 e. The lowest BCUT2D eigenvalue weighted by atomic mass is 10.2. The number of rotatable bonds is 5. The summed E-state index contributed by atoms with van der Waals surface area (Å²) in [6, 6.07) is 4.89. The summed E-state index contributed by atoms with van der Waals surface area (Å²) in [4.78, 5) is 22.5. The van der Waals surface area contributed by atoms with Crippen LogP contribution in [0.3, 0.4) is 0 Å². The van der Waals surface area contributed by atoms with Gasteiger partial charge in [-0.25, -0.2) is 4.68 Å². The van der Waals surface area contributed by atoms with E-state index in [1.165, 1.54) is 10.9 Å². The second kappa shape index (κ2) is 6.35. The molecule has 0 atom stereocenters. The second-order valence-electron chi connectivity index (χ2n) is 4.26. The van der Waals surface area contributed by atoms with Crippen molar-refractivity contribution in [2.24, 2.45) is 0 Å². The molecular weight excluding hydrogens is 342 g/mol. The number of benzene rings is 1. The number of halogens is 1. The molecule has 0 aliphatic rings. The predicted molar refractivity (Wildman–Crippen MR) is 77.4 cm³/mol. The van der Waals surface area contributed by atoms with E-state index >= 15 is 0 Å². The van der Waals surface area contributed by atoms with Gasteiger partial charge >= 0.3 is 5.97 Å². The molecule has 0 fully saturated rings. The van der Waals surface area contributed by atoms with Gasteiger partial charge in [-0.15, -0.1) is 5.10 Å². The first kappa shape index (κ1) is 15.0. The Labute approximate surface area is 128 Å². The lowest BCUT2D eigenvalue weighted by molar-refractivity contribution is -0.137. The monoisotopic (exact) mass is 353 g/mol. The van der Waals surface area contributed by atoms with Gasteiger partial charge in [0.15, 0.2) is 0 Å². The summed E-state index contributed by atoms with van der Waals surface area (Å²) in [6.45, 7) is -0.131. The Balaban J connectivity index is 1.97. The van der Waals surface area contributed by atoms with Crippen molar-refractivity contribution in [1.29, 1.82) is 0 Å². The van der Waals surface area contributed by atoms with Crippen molar-refractivity contribution < 1.29 is 14.7 Å². The second-order valence-corrected chi connectivity index (χ2v) is 5.17. The summed E-state index contributed by atoms with van der Waals surface area (Å²) in [6.07, 6.45) is 1.46. The highest BCUT2D eigenvalue weighted by molar-refractivity contribution is 9.10. The standard InChI is InChI=1S/C12H12BrN5O3/c13-8-1-7(2-9(14)3-8)12(21)15-4-10-5-18(17-16-10)6-11(19)20/h1-3,5H,4,6,14H2,(H,15,21)(H,19,20). The fourth-order valence-electron chi connectivity index (χ4n) is 1.65. The van der Waals surface area contributed by atoms with Crippen LogP contribution in [0.15, 0.2) is 28.9 Å². The fourth-order valence-corrected chi connectivity index (χ4v) is 2.16. The van der Waals surface area contributed by atoms with Crippen LogP contribution >= 0.6 is 15.9 Å². The molecule has 0 unspecified atom stereocenters. The molecule has 1 aromatic heterocycles. The molecule has 0 bridgehead atoms. The summed E-state index contributed by atoms with van der Waals surface area (Å²) in [5.74, 6) is -1.32. The third-order valence-corrected chi connectivity index (χ3v) is 2.95. The molecule has 2 rings (SSSR count). The molecule has 0 radical (unpaired) electrons. The van der Waals surface area contributed by atoms with Crippen LogP contribution in [0.2, 0.25) is 0 Å². The molecule has 1 heterocycles. The van der Waals surface area contributed by atoms with Crippen molar-refractivity contribution in [3.8, 4) is 0 Å². The van der Waals surface area contributed by atoms with E-state index < -0.39 is 5.97 Å². The minimum atomic E-state index is -1.01. The van der Waals surface area contributed by atoms with Crippen LogP contribution in [-0.4, -0.2) is 32.0 Å².